The molecule has 0 aliphatic rings. The van der Waals surface area contributed by atoms with Crippen LogP contribution in [0.1, 0.15) is 32.4 Å². The number of hydrogen-bond donors (Lipinski definition) is 1. The number of halogens is 2. The maximum atomic E-state index is 8.94. The molecule has 0 aliphatic heterocycles. The summed E-state index contributed by atoms with van der Waals surface area (Å²) in [5.74, 6) is 0. The van der Waals surface area contributed by atoms with E-state index in [0.717, 1.165) is 5.56 Å². The van der Waals surface area contributed by atoms with Gasteiger partial charge in [-0.2, -0.15) is 5.26 Å². The van der Waals surface area contributed by atoms with Crippen molar-refractivity contribution in [2.45, 2.75) is 26.8 Å². The highest BCUT2D eigenvalue weighted by Gasteiger charge is 2.18. The van der Waals surface area contributed by atoms with Gasteiger partial charge in [0.15, 0.2) is 0 Å². The molecule has 1 aromatic rings. The highest BCUT2D eigenvalue weighted by atomic mass is 35.5. The van der Waals surface area contributed by atoms with Crippen LogP contribution in [-0.2, 0) is 0 Å². The Morgan fingerprint density at radius 1 is 1.41 bits per heavy atom. The second kappa shape index (κ2) is 5.73. The second-order valence-corrected chi connectivity index (χ2v) is 5.61. The summed E-state index contributed by atoms with van der Waals surface area (Å²) in [6.07, 6.45) is 0. The summed E-state index contributed by atoms with van der Waals surface area (Å²) in [7, 11) is 0. The van der Waals surface area contributed by atoms with E-state index in [-0.39, 0.29) is 11.5 Å². The van der Waals surface area contributed by atoms with E-state index >= 15 is 0 Å². The van der Waals surface area contributed by atoms with Crippen molar-refractivity contribution in [1.29, 1.82) is 5.26 Å². The van der Waals surface area contributed by atoms with Crippen LogP contribution in [0.5, 0.6) is 0 Å². The van der Waals surface area contributed by atoms with Crippen LogP contribution in [-0.4, -0.2) is 6.54 Å². The van der Waals surface area contributed by atoms with E-state index in [1.807, 2.05) is 26.8 Å². The lowest BCUT2D eigenvalue weighted by atomic mass is 9.95. The zero-order chi connectivity index (χ0) is 13.1. The topological polar surface area (TPSA) is 35.8 Å². The van der Waals surface area contributed by atoms with Gasteiger partial charge in [0, 0.05) is 22.6 Å². The molecule has 1 rings (SSSR count). The van der Waals surface area contributed by atoms with E-state index in [4.69, 9.17) is 28.5 Å². The molecular weight excluding hydrogens is 255 g/mol. The first kappa shape index (κ1) is 14.3. The molecule has 0 radical (unpaired) electrons. The van der Waals surface area contributed by atoms with Gasteiger partial charge in [-0.05, 0) is 44.5 Å². The van der Waals surface area contributed by atoms with Crippen molar-refractivity contribution < 1.29 is 0 Å². The van der Waals surface area contributed by atoms with Crippen LogP contribution in [0.4, 0.5) is 0 Å². The number of nitriles is 1. The van der Waals surface area contributed by atoms with Crippen molar-refractivity contribution in [2.75, 3.05) is 6.54 Å². The van der Waals surface area contributed by atoms with E-state index in [1.54, 1.807) is 12.1 Å². The van der Waals surface area contributed by atoms with Crippen molar-refractivity contribution in [2.24, 2.45) is 5.41 Å². The molecule has 0 bridgehead atoms. The SMILES string of the molecule is CC(NCC(C)(C)C#N)c1cc(Cl)ccc1Cl. The molecule has 1 unspecified atom stereocenters. The van der Waals surface area contributed by atoms with Gasteiger partial charge in [0.2, 0.25) is 0 Å². The highest BCUT2D eigenvalue weighted by molar-refractivity contribution is 6.33. The molecule has 0 aliphatic carbocycles. The third-order valence-corrected chi connectivity index (χ3v) is 3.16. The normalized spacial score (nSPS) is 13.2. The van der Waals surface area contributed by atoms with Crippen molar-refractivity contribution in [1.82, 2.24) is 5.32 Å². The Morgan fingerprint density at radius 2 is 2.06 bits per heavy atom. The standard InChI is InChI=1S/C13H16Cl2N2/c1-9(17-8-13(2,3)7-16)11-6-10(14)4-5-12(11)15/h4-6,9,17H,8H2,1-3H3. The van der Waals surface area contributed by atoms with Crippen LogP contribution in [0.2, 0.25) is 10.0 Å². The zero-order valence-corrected chi connectivity index (χ0v) is 11.7. The van der Waals surface area contributed by atoms with E-state index < -0.39 is 0 Å². The predicted octanol–water partition coefficient (Wildman–Crippen LogP) is 4.19. The lowest BCUT2D eigenvalue weighted by Gasteiger charge is -2.21. The quantitative estimate of drug-likeness (QED) is 0.891. The minimum absolute atomic E-state index is 0.0637. The van der Waals surface area contributed by atoms with Gasteiger partial charge in [-0.3, -0.25) is 0 Å². The van der Waals surface area contributed by atoms with Gasteiger partial charge in [-0.1, -0.05) is 23.2 Å². The van der Waals surface area contributed by atoms with E-state index in [1.165, 1.54) is 0 Å². The average Bonchev–Trinajstić information content (AvgIpc) is 2.29. The Hall–Kier alpha value is -0.750. The molecular formula is C13H16Cl2N2. The molecule has 0 amide bonds. The fourth-order valence-electron chi connectivity index (χ4n) is 1.40. The summed E-state index contributed by atoms with van der Waals surface area (Å²) < 4.78 is 0. The molecule has 0 heterocycles. The first-order valence-corrected chi connectivity index (χ1v) is 6.21. The van der Waals surface area contributed by atoms with Gasteiger partial charge in [-0.25, -0.2) is 0 Å². The summed E-state index contributed by atoms with van der Waals surface area (Å²) >= 11 is 12.1. The third kappa shape index (κ3) is 4.20. The average molecular weight is 271 g/mol. The molecule has 0 aromatic heterocycles. The first-order chi connectivity index (χ1) is 7.85. The van der Waals surface area contributed by atoms with Gasteiger partial charge < -0.3 is 5.32 Å². The Bertz CT molecular complexity index is 436. The number of rotatable bonds is 4. The van der Waals surface area contributed by atoms with Crippen LogP contribution in [0.3, 0.4) is 0 Å². The van der Waals surface area contributed by atoms with Gasteiger partial charge >= 0.3 is 0 Å². The lowest BCUT2D eigenvalue weighted by molar-refractivity contribution is 0.415. The molecule has 92 valence electrons. The van der Waals surface area contributed by atoms with Gasteiger partial charge in [0.05, 0.1) is 11.5 Å². The molecule has 4 heteroatoms. The molecule has 0 saturated heterocycles. The van der Waals surface area contributed by atoms with E-state index in [0.29, 0.717) is 16.6 Å². The van der Waals surface area contributed by atoms with Crippen molar-refractivity contribution in [3.8, 4) is 6.07 Å². The van der Waals surface area contributed by atoms with Gasteiger partial charge in [0.1, 0.15) is 0 Å². The van der Waals surface area contributed by atoms with E-state index in [9.17, 15) is 0 Å². The van der Waals surface area contributed by atoms with Crippen LogP contribution in [0, 0.1) is 16.7 Å². The Morgan fingerprint density at radius 3 is 2.65 bits per heavy atom. The fraction of sp³-hybridized carbons (Fsp3) is 0.462. The molecule has 17 heavy (non-hydrogen) atoms. The monoisotopic (exact) mass is 270 g/mol. The number of hydrogen-bond acceptors (Lipinski definition) is 2. The molecule has 0 fully saturated rings. The lowest BCUT2D eigenvalue weighted by Crippen LogP contribution is -2.30. The second-order valence-electron chi connectivity index (χ2n) is 4.76. The maximum absolute atomic E-state index is 8.94. The number of nitrogens with one attached hydrogen (secondary N) is 1. The Balaban J connectivity index is 2.74. The zero-order valence-electron chi connectivity index (χ0n) is 10.2. The molecule has 1 atom stereocenters. The Kier molecular flexibility index (Phi) is 4.82. The Labute approximate surface area is 113 Å². The molecule has 1 N–H and O–H groups in total. The van der Waals surface area contributed by atoms with Crippen LogP contribution >= 0.6 is 23.2 Å². The first-order valence-electron chi connectivity index (χ1n) is 5.45. The van der Waals surface area contributed by atoms with Crippen molar-refractivity contribution in [3.63, 3.8) is 0 Å². The number of nitrogens with zero attached hydrogens (tertiary/aromatic N) is 1. The molecule has 1 aromatic carbocycles. The molecule has 0 spiro atoms. The van der Waals surface area contributed by atoms with Gasteiger partial charge in [0.25, 0.3) is 0 Å². The summed E-state index contributed by atoms with van der Waals surface area (Å²) in [5.41, 5.74) is 0.562. The predicted molar refractivity (Wildman–Crippen MR) is 72.3 cm³/mol. The largest absolute Gasteiger partial charge is 0.309 e. The van der Waals surface area contributed by atoms with Gasteiger partial charge in [-0.15, -0.1) is 0 Å². The van der Waals surface area contributed by atoms with E-state index in [2.05, 4.69) is 11.4 Å². The van der Waals surface area contributed by atoms with Crippen LogP contribution < -0.4 is 5.32 Å². The fourth-order valence-corrected chi connectivity index (χ4v) is 1.87. The summed E-state index contributed by atoms with van der Waals surface area (Å²) in [5, 5.41) is 13.6. The van der Waals surface area contributed by atoms with Crippen LogP contribution in [0.25, 0.3) is 0 Å². The summed E-state index contributed by atoms with van der Waals surface area (Å²) in [6, 6.07) is 7.71. The maximum Gasteiger partial charge on any atom is 0.0697 e. The minimum Gasteiger partial charge on any atom is -0.309 e. The smallest absolute Gasteiger partial charge is 0.0697 e. The van der Waals surface area contributed by atoms with Crippen LogP contribution in [0.15, 0.2) is 18.2 Å². The highest BCUT2D eigenvalue weighted by Crippen LogP contribution is 2.26. The van der Waals surface area contributed by atoms with Crippen molar-refractivity contribution >= 4 is 23.2 Å². The molecule has 2 nitrogen and oxygen atoms in total. The summed E-state index contributed by atoms with van der Waals surface area (Å²) in [4.78, 5) is 0. The number of benzene rings is 1. The third-order valence-electron chi connectivity index (χ3n) is 2.58. The van der Waals surface area contributed by atoms with Crippen molar-refractivity contribution in [3.05, 3.63) is 33.8 Å². The molecule has 0 saturated carbocycles. The minimum atomic E-state index is -0.390. The summed E-state index contributed by atoms with van der Waals surface area (Å²) in [6.45, 7) is 6.40.